The highest BCUT2D eigenvalue weighted by Crippen LogP contribution is 2.29. The number of methoxy groups -OCH3 is 1. The van der Waals surface area contributed by atoms with Crippen molar-refractivity contribution in [2.45, 2.75) is 32.3 Å². The van der Waals surface area contributed by atoms with Crippen LogP contribution in [-0.2, 0) is 26.3 Å². The first-order chi connectivity index (χ1) is 10.9. The third-order valence-electron chi connectivity index (χ3n) is 3.42. The summed E-state index contributed by atoms with van der Waals surface area (Å²) in [4.78, 5) is 24.0. The van der Waals surface area contributed by atoms with Crippen molar-refractivity contribution < 1.29 is 19.1 Å². The van der Waals surface area contributed by atoms with Gasteiger partial charge in [-0.1, -0.05) is 44.2 Å². The zero-order valence-electron chi connectivity index (χ0n) is 13.4. The fraction of sp³-hybridized carbons (Fsp3) is 0.353. The van der Waals surface area contributed by atoms with Gasteiger partial charge in [-0.05, 0) is 23.2 Å². The van der Waals surface area contributed by atoms with Crippen LogP contribution >= 0.6 is 11.5 Å². The van der Waals surface area contributed by atoms with E-state index < -0.39 is 11.4 Å². The van der Waals surface area contributed by atoms with Gasteiger partial charge in [-0.25, -0.2) is 4.79 Å². The topological polar surface area (TPSA) is 65.5 Å². The van der Waals surface area contributed by atoms with E-state index in [9.17, 15) is 9.59 Å². The molecule has 0 atom stereocenters. The molecule has 2 aromatic rings. The minimum atomic E-state index is -0.517. The summed E-state index contributed by atoms with van der Waals surface area (Å²) in [6, 6.07) is 11.2. The Morgan fingerprint density at radius 2 is 1.91 bits per heavy atom. The quantitative estimate of drug-likeness (QED) is 0.759. The smallest absolute Gasteiger partial charge is 0.349 e. The SMILES string of the molecule is COC(=O)c1cc(C(C)(C)CC(=O)OCc2ccccc2)ns1. The molecule has 0 radical (unpaired) electrons. The Bertz CT molecular complexity index is 679. The van der Waals surface area contributed by atoms with E-state index in [4.69, 9.17) is 4.74 Å². The lowest BCUT2D eigenvalue weighted by Gasteiger charge is -2.21. The summed E-state index contributed by atoms with van der Waals surface area (Å²) in [5.74, 6) is -0.720. The molecule has 0 spiro atoms. The lowest BCUT2D eigenvalue weighted by Crippen LogP contribution is -2.23. The molecule has 122 valence electrons. The molecule has 0 amide bonds. The molecule has 0 aliphatic carbocycles. The van der Waals surface area contributed by atoms with Crippen LogP contribution in [0.4, 0.5) is 0 Å². The largest absolute Gasteiger partial charge is 0.465 e. The van der Waals surface area contributed by atoms with Crippen LogP contribution in [0.15, 0.2) is 36.4 Å². The normalized spacial score (nSPS) is 11.1. The Kier molecular flexibility index (Phi) is 5.50. The van der Waals surface area contributed by atoms with Crippen molar-refractivity contribution in [1.29, 1.82) is 0 Å². The van der Waals surface area contributed by atoms with E-state index in [0.717, 1.165) is 17.1 Å². The van der Waals surface area contributed by atoms with Crippen LogP contribution in [0.1, 0.15) is 41.2 Å². The Morgan fingerprint density at radius 3 is 2.57 bits per heavy atom. The summed E-state index contributed by atoms with van der Waals surface area (Å²) in [5, 5.41) is 0. The van der Waals surface area contributed by atoms with E-state index in [1.54, 1.807) is 6.07 Å². The van der Waals surface area contributed by atoms with Gasteiger partial charge < -0.3 is 9.47 Å². The summed E-state index contributed by atoms with van der Waals surface area (Å²) in [6.45, 7) is 4.04. The monoisotopic (exact) mass is 333 g/mol. The molecule has 0 fully saturated rings. The standard InChI is InChI=1S/C17H19NO4S/c1-17(2,14-9-13(23-18-14)16(20)21-3)10-15(19)22-11-12-7-5-4-6-8-12/h4-9H,10-11H2,1-3H3. The van der Waals surface area contributed by atoms with Crippen LogP contribution < -0.4 is 0 Å². The van der Waals surface area contributed by atoms with Gasteiger partial charge in [0.2, 0.25) is 0 Å². The van der Waals surface area contributed by atoms with Crippen molar-refractivity contribution in [1.82, 2.24) is 4.37 Å². The highest BCUT2D eigenvalue weighted by atomic mass is 32.1. The Labute approximate surface area is 139 Å². The fourth-order valence-electron chi connectivity index (χ4n) is 2.03. The maximum Gasteiger partial charge on any atom is 0.349 e. The molecule has 2 rings (SSSR count). The molecule has 0 saturated carbocycles. The number of carbonyl (C=O) groups excluding carboxylic acids is 2. The van der Waals surface area contributed by atoms with E-state index in [1.165, 1.54) is 7.11 Å². The van der Waals surface area contributed by atoms with Gasteiger partial charge >= 0.3 is 11.9 Å². The summed E-state index contributed by atoms with van der Waals surface area (Å²) in [7, 11) is 1.33. The zero-order valence-corrected chi connectivity index (χ0v) is 14.2. The Hall–Kier alpha value is -2.21. The van der Waals surface area contributed by atoms with E-state index in [1.807, 2.05) is 44.2 Å². The molecule has 23 heavy (non-hydrogen) atoms. The first-order valence-corrected chi connectivity index (χ1v) is 7.95. The molecule has 0 aliphatic heterocycles. The average molecular weight is 333 g/mol. The van der Waals surface area contributed by atoms with Gasteiger partial charge in [0, 0.05) is 5.41 Å². The fourth-order valence-corrected chi connectivity index (χ4v) is 2.85. The van der Waals surface area contributed by atoms with Gasteiger partial charge in [0.05, 0.1) is 19.2 Å². The van der Waals surface area contributed by atoms with Crippen LogP contribution in [0.2, 0.25) is 0 Å². The lowest BCUT2D eigenvalue weighted by molar-refractivity contribution is -0.146. The molecule has 1 aromatic carbocycles. The van der Waals surface area contributed by atoms with Crippen molar-refractivity contribution >= 4 is 23.5 Å². The molecule has 1 heterocycles. The zero-order chi connectivity index (χ0) is 16.9. The first kappa shape index (κ1) is 17.1. The molecule has 6 heteroatoms. The Balaban J connectivity index is 1.95. The molecule has 0 aliphatic rings. The van der Waals surface area contributed by atoms with E-state index in [-0.39, 0.29) is 19.0 Å². The third kappa shape index (κ3) is 4.63. The van der Waals surface area contributed by atoms with E-state index in [0.29, 0.717) is 10.6 Å². The average Bonchev–Trinajstić information content (AvgIpc) is 3.04. The van der Waals surface area contributed by atoms with Crippen LogP contribution in [0.5, 0.6) is 0 Å². The molecule has 0 unspecified atom stereocenters. The van der Waals surface area contributed by atoms with E-state index in [2.05, 4.69) is 9.11 Å². The molecular formula is C17H19NO4S. The first-order valence-electron chi connectivity index (χ1n) is 7.17. The van der Waals surface area contributed by atoms with Crippen molar-refractivity contribution in [2.75, 3.05) is 7.11 Å². The predicted octanol–water partition coefficient (Wildman–Crippen LogP) is 3.34. The van der Waals surface area contributed by atoms with Gasteiger partial charge in [0.25, 0.3) is 0 Å². The van der Waals surface area contributed by atoms with Crippen LogP contribution in [-0.4, -0.2) is 23.4 Å². The number of rotatable bonds is 6. The second kappa shape index (κ2) is 7.37. The second-order valence-corrected chi connectivity index (χ2v) is 6.58. The minimum absolute atomic E-state index is 0.185. The maximum absolute atomic E-state index is 12.1. The van der Waals surface area contributed by atoms with Crippen molar-refractivity contribution in [2.24, 2.45) is 0 Å². The van der Waals surface area contributed by atoms with Crippen LogP contribution in [0, 0.1) is 0 Å². The Morgan fingerprint density at radius 1 is 1.22 bits per heavy atom. The molecule has 5 nitrogen and oxygen atoms in total. The highest BCUT2D eigenvalue weighted by molar-refractivity contribution is 7.08. The second-order valence-electron chi connectivity index (χ2n) is 5.77. The molecule has 0 N–H and O–H groups in total. The van der Waals surface area contributed by atoms with Gasteiger partial charge in [0.15, 0.2) is 0 Å². The van der Waals surface area contributed by atoms with Gasteiger partial charge in [-0.2, -0.15) is 4.37 Å². The number of carbonyl (C=O) groups is 2. The number of aromatic nitrogens is 1. The molecular weight excluding hydrogens is 314 g/mol. The van der Waals surface area contributed by atoms with Crippen molar-refractivity contribution in [3.63, 3.8) is 0 Å². The molecule has 0 saturated heterocycles. The summed E-state index contributed by atoms with van der Waals surface area (Å²) in [6.07, 6.45) is 0.185. The molecule has 0 bridgehead atoms. The van der Waals surface area contributed by atoms with Crippen LogP contribution in [0.3, 0.4) is 0 Å². The summed E-state index contributed by atoms with van der Waals surface area (Å²) >= 11 is 1.07. The number of hydrogen-bond donors (Lipinski definition) is 0. The van der Waals surface area contributed by atoms with Gasteiger partial charge in [0.1, 0.15) is 11.5 Å². The maximum atomic E-state index is 12.1. The lowest BCUT2D eigenvalue weighted by atomic mass is 9.85. The van der Waals surface area contributed by atoms with Crippen LogP contribution in [0.25, 0.3) is 0 Å². The minimum Gasteiger partial charge on any atom is -0.465 e. The van der Waals surface area contributed by atoms with Crippen molar-refractivity contribution in [3.8, 4) is 0 Å². The van der Waals surface area contributed by atoms with Crippen molar-refractivity contribution in [3.05, 3.63) is 52.5 Å². The number of benzene rings is 1. The van der Waals surface area contributed by atoms with E-state index >= 15 is 0 Å². The predicted molar refractivity (Wildman–Crippen MR) is 87.3 cm³/mol. The van der Waals surface area contributed by atoms with Gasteiger partial charge in [-0.3, -0.25) is 4.79 Å². The van der Waals surface area contributed by atoms with Gasteiger partial charge in [-0.15, -0.1) is 0 Å². The number of esters is 2. The molecule has 1 aromatic heterocycles. The number of nitrogens with zero attached hydrogens (tertiary/aromatic N) is 1. The number of hydrogen-bond acceptors (Lipinski definition) is 6. The third-order valence-corrected chi connectivity index (χ3v) is 4.19. The summed E-state index contributed by atoms with van der Waals surface area (Å²) in [5.41, 5.74) is 1.11. The highest BCUT2D eigenvalue weighted by Gasteiger charge is 2.29. The summed E-state index contributed by atoms with van der Waals surface area (Å²) < 4.78 is 14.2. The number of ether oxygens (including phenoxy) is 2.